The Morgan fingerprint density at radius 1 is 1.37 bits per heavy atom. The molecule has 19 heavy (non-hydrogen) atoms. The van der Waals surface area contributed by atoms with Crippen molar-refractivity contribution in [3.8, 4) is 0 Å². The maximum absolute atomic E-state index is 10.8. The van der Waals surface area contributed by atoms with Crippen LogP contribution in [0.4, 0.5) is 5.69 Å². The highest BCUT2D eigenvalue weighted by Gasteiger charge is 2.13. The van der Waals surface area contributed by atoms with Crippen LogP contribution in [0.5, 0.6) is 0 Å². The van der Waals surface area contributed by atoms with Crippen LogP contribution in [0.15, 0.2) is 39.4 Å². The van der Waals surface area contributed by atoms with Gasteiger partial charge in [0.2, 0.25) is 0 Å². The van der Waals surface area contributed by atoms with E-state index in [1.165, 1.54) is 17.8 Å². The summed E-state index contributed by atoms with van der Waals surface area (Å²) in [6.07, 6.45) is 0. The number of rotatable bonds is 4. The minimum absolute atomic E-state index is 0.0682. The van der Waals surface area contributed by atoms with Crippen molar-refractivity contribution in [2.24, 2.45) is 0 Å². The third kappa shape index (κ3) is 3.12. The van der Waals surface area contributed by atoms with E-state index in [0.29, 0.717) is 10.5 Å². The molecule has 0 bridgehead atoms. The van der Waals surface area contributed by atoms with Crippen molar-refractivity contribution >= 4 is 34.8 Å². The zero-order valence-corrected chi connectivity index (χ0v) is 11.5. The lowest BCUT2D eigenvalue weighted by atomic mass is 10.2. The Hall–Kier alpha value is -1.86. The summed E-state index contributed by atoms with van der Waals surface area (Å²) < 4.78 is 0. The maximum Gasteiger partial charge on any atom is 0.345 e. The Balaban J connectivity index is 2.25. The van der Waals surface area contributed by atoms with Gasteiger partial charge in [-0.2, -0.15) is 0 Å². The molecule has 1 aromatic carbocycles. The van der Waals surface area contributed by atoms with Crippen LogP contribution in [0.3, 0.4) is 0 Å². The average molecular weight is 295 g/mol. The van der Waals surface area contributed by atoms with Crippen LogP contribution < -0.4 is 0 Å². The van der Waals surface area contributed by atoms with Crippen LogP contribution in [0, 0.1) is 17.0 Å². The number of aromatic carboxylic acids is 1. The van der Waals surface area contributed by atoms with Gasteiger partial charge in [0.25, 0.3) is 5.69 Å². The van der Waals surface area contributed by atoms with Crippen molar-refractivity contribution in [3.63, 3.8) is 0 Å². The van der Waals surface area contributed by atoms with Gasteiger partial charge in [-0.15, -0.1) is 11.3 Å². The number of carbonyl (C=O) groups is 1. The first kappa shape index (κ1) is 13.6. The summed E-state index contributed by atoms with van der Waals surface area (Å²) in [5.74, 6) is -0.966. The topological polar surface area (TPSA) is 80.4 Å². The van der Waals surface area contributed by atoms with Crippen molar-refractivity contribution in [2.45, 2.75) is 16.7 Å². The van der Waals surface area contributed by atoms with Gasteiger partial charge in [0.15, 0.2) is 0 Å². The molecule has 0 unspecified atom stereocenters. The van der Waals surface area contributed by atoms with E-state index >= 15 is 0 Å². The molecule has 1 aromatic heterocycles. The average Bonchev–Trinajstić information content (AvgIpc) is 2.80. The summed E-state index contributed by atoms with van der Waals surface area (Å²) in [5, 5.41) is 21.4. The van der Waals surface area contributed by atoms with Crippen molar-refractivity contribution in [1.82, 2.24) is 0 Å². The molecule has 1 heterocycles. The van der Waals surface area contributed by atoms with E-state index in [4.69, 9.17) is 5.11 Å². The van der Waals surface area contributed by atoms with Gasteiger partial charge >= 0.3 is 5.97 Å². The highest BCUT2D eigenvalue weighted by molar-refractivity contribution is 7.99. The number of nitro groups is 1. The minimum atomic E-state index is -0.966. The second-order valence-corrected chi connectivity index (χ2v) is 5.82. The lowest BCUT2D eigenvalue weighted by Crippen LogP contribution is -1.91. The van der Waals surface area contributed by atoms with Crippen LogP contribution in [0.25, 0.3) is 0 Å². The van der Waals surface area contributed by atoms with Gasteiger partial charge in [-0.1, -0.05) is 17.8 Å². The molecule has 0 aliphatic carbocycles. The lowest BCUT2D eigenvalue weighted by molar-refractivity contribution is -0.385. The standard InChI is InChI=1S/C12H9NO4S2/c1-7-2-3-8(4-10(7)13(16)17)19-9-5-11(12(14)15)18-6-9/h2-6H,1H3,(H,14,15). The summed E-state index contributed by atoms with van der Waals surface area (Å²) in [7, 11) is 0. The number of nitro benzene ring substituents is 1. The SMILES string of the molecule is Cc1ccc(Sc2csc(C(=O)O)c2)cc1[N+](=O)[O-]. The number of hydrogen-bond donors (Lipinski definition) is 1. The summed E-state index contributed by atoms with van der Waals surface area (Å²) in [6, 6.07) is 6.53. The Morgan fingerprint density at radius 2 is 2.11 bits per heavy atom. The van der Waals surface area contributed by atoms with E-state index in [1.807, 2.05) is 0 Å². The third-order valence-corrected chi connectivity index (χ3v) is 4.43. The Morgan fingerprint density at radius 3 is 2.68 bits per heavy atom. The molecule has 2 aromatic rings. The molecule has 0 saturated heterocycles. The van der Waals surface area contributed by atoms with Crippen molar-refractivity contribution in [3.05, 3.63) is 50.2 Å². The van der Waals surface area contributed by atoms with Gasteiger partial charge in [0.05, 0.1) is 4.92 Å². The highest BCUT2D eigenvalue weighted by Crippen LogP contribution is 2.34. The summed E-state index contributed by atoms with van der Waals surface area (Å²) in [5.41, 5.74) is 0.671. The number of aryl methyl sites for hydroxylation is 1. The second kappa shape index (κ2) is 5.41. The molecule has 98 valence electrons. The first-order valence-corrected chi connectivity index (χ1v) is 6.91. The van der Waals surface area contributed by atoms with Gasteiger partial charge in [-0.05, 0) is 19.1 Å². The first-order valence-electron chi connectivity index (χ1n) is 5.22. The fourth-order valence-corrected chi connectivity index (χ4v) is 3.24. The zero-order chi connectivity index (χ0) is 14.0. The third-order valence-electron chi connectivity index (χ3n) is 2.40. The van der Waals surface area contributed by atoms with Crippen molar-refractivity contribution in [1.29, 1.82) is 0 Å². The summed E-state index contributed by atoms with van der Waals surface area (Å²) in [4.78, 5) is 22.9. The molecule has 0 aliphatic heterocycles. The number of hydrogen-bond acceptors (Lipinski definition) is 5. The van der Waals surface area contributed by atoms with Crippen LogP contribution in [-0.4, -0.2) is 16.0 Å². The van der Waals surface area contributed by atoms with Gasteiger partial charge in [-0.25, -0.2) is 4.79 Å². The van der Waals surface area contributed by atoms with Crippen molar-refractivity contribution in [2.75, 3.05) is 0 Å². The van der Waals surface area contributed by atoms with Crippen LogP contribution in [-0.2, 0) is 0 Å². The van der Waals surface area contributed by atoms with E-state index in [2.05, 4.69) is 0 Å². The van der Waals surface area contributed by atoms with Gasteiger partial charge < -0.3 is 5.11 Å². The van der Waals surface area contributed by atoms with E-state index < -0.39 is 10.9 Å². The summed E-state index contributed by atoms with van der Waals surface area (Å²) >= 11 is 2.45. The van der Waals surface area contributed by atoms with E-state index in [-0.39, 0.29) is 10.6 Å². The first-order chi connectivity index (χ1) is 8.97. The Labute approximate surface area is 117 Å². The molecule has 0 amide bonds. The molecular formula is C12H9NO4S2. The molecule has 1 N–H and O–H groups in total. The van der Waals surface area contributed by atoms with Crippen LogP contribution in [0.2, 0.25) is 0 Å². The fraction of sp³-hybridized carbons (Fsp3) is 0.0833. The number of carboxylic acids is 1. The molecular weight excluding hydrogens is 286 g/mol. The quantitative estimate of drug-likeness (QED) is 0.685. The number of thiophene rings is 1. The summed E-state index contributed by atoms with van der Waals surface area (Å²) in [6.45, 7) is 1.68. The van der Waals surface area contributed by atoms with Gasteiger partial charge in [-0.3, -0.25) is 10.1 Å². The van der Waals surface area contributed by atoms with Crippen molar-refractivity contribution < 1.29 is 14.8 Å². The predicted octanol–water partition coefficient (Wildman–Crippen LogP) is 3.81. The van der Waals surface area contributed by atoms with E-state index in [1.54, 1.807) is 30.5 Å². The molecule has 0 spiro atoms. The Kier molecular flexibility index (Phi) is 3.87. The Bertz CT molecular complexity index is 651. The molecule has 0 saturated carbocycles. The van der Waals surface area contributed by atoms with Gasteiger partial charge in [0.1, 0.15) is 4.88 Å². The highest BCUT2D eigenvalue weighted by atomic mass is 32.2. The molecule has 0 radical (unpaired) electrons. The number of carboxylic acid groups (broad SMARTS) is 1. The number of benzene rings is 1. The lowest BCUT2D eigenvalue weighted by Gasteiger charge is -2.01. The number of nitrogens with zero attached hydrogens (tertiary/aromatic N) is 1. The zero-order valence-electron chi connectivity index (χ0n) is 9.82. The van der Waals surface area contributed by atoms with E-state index in [0.717, 1.165) is 16.2 Å². The monoisotopic (exact) mass is 295 g/mol. The molecule has 0 fully saturated rings. The fourth-order valence-electron chi connectivity index (χ4n) is 1.47. The molecule has 2 rings (SSSR count). The largest absolute Gasteiger partial charge is 0.477 e. The molecule has 0 aliphatic rings. The smallest absolute Gasteiger partial charge is 0.345 e. The van der Waals surface area contributed by atoms with Crippen LogP contribution >= 0.6 is 23.1 Å². The molecule has 7 heteroatoms. The van der Waals surface area contributed by atoms with Crippen LogP contribution in [0.1, 0.15) is 15.2 Å². The van der Waals surface area contributed by atoms with Gasteiger partial charge in [0, 0.05) is 26.8 Å². The predicted molar refractivity (Wildman–Crippen MR) is 73.2 cm³/mol. The van der Waals surface area contributed by atoms with E-state index in [9.17, 15) is 14.9 Å². The molecule has 5 nitrogen and oxygen atoms in total. The normalized spacial score (nSPS) is 10.4. The molecule has 0 atom stereocenters. The maximum atomic E-state index is 10.8. The minimum Gasteiger partial charge on any atom is -0.477 e. The second-order valence-electron chi connectivity index (χ2n) is 3.76.